The summed E-state index contributed by atoms with van der Waals surface area (Å²) >= 11 is 0. The summed E-state index contributed by atoms with van der Waals surface area (Å²) < 4.78 is 0. The van der Waals surface area contributed by atoms with Crippen LogP contribution < -0.4 is 5.32 Å². The second-order valence-corrected chi connectivity index (χ2v) is 6.51. The standard InChI is InChI=1S/C21H27N/c1-15(2)19-7-6-8-20(16(3)4)21(19)22-14-13-18-11-9-17(5)10-12-18/h6-16,22H,1-5H3/b14-13+. The van der Waals surface area contributed by atoms with Crippen LogP contribution in [0.25, 0.3) is 6.08 Å². The molecule has 0 aromatic heterocycles. The molecular weight excluding hydrogens is 266 g/mol. The van der Waals surface area contributed by atoms with Gasteiger partial charge in [-0.25, -0.2) is 0 Å². The molecule has 0 aliphatic rings. The molecule has 0 atom stereocenters. The van der Waals surface area contributed by atoms with Gasteiger partial charge in [0.15, 0.2) is 0 Å². The predicted octanol–water partition coefficient (Wildman–Crippen LogP) is 6.32. The zero-order valence-corrected chi connectivity index (χ0v) is 14.4. The SMILES string of the molecule is Cc1ccc(/C=C/Nc2c(C(C)C)cccc2C(C)C)cc1. The summed E-state index contributed by atoms with van der Waals surface area (Å²) in [4.78, 5) is 0. The van der Waals surface area contributed by atoms with Gasteiger partial charge < -0.3 is 5.32 Å². The third-order valence-electron chi connectivity index (χ3n) is 3.95. The first kappa shape index (κ1) is 16.4. The summed E-state index contributed by atoms with van der Waals surface area (Å²) in [5, 5.41) is 3.53. The molecule has 0 radical (unpaired) electrons. The minimum Gasteiger partial charge on any atom is -0.361 e. The molecule has 1 N–H and O–H groups in total. The van der Waals surface area contributed by atoms with Crippen molar-refractivity contribution in [3.63, 3.8) is 0 Å². The minimum atomic E-state index is 0.508. The molecule has 0 aliphatic carbocycles. The van der Waals surface area contributed by atoms with E-state index in [9.17, 15) is 0 Å². The van der Waals surface area contributed by atoms with Crippen LogP contribution in [-0.2, 0) is 0 Å². The molecule has 0 spiro atoms. The quantitative estimate of drug-likeness (QED) is 0.679. The Morgan fingerprint density at radius 3 is 1.86 bits per heavy atom. The normalized spacial score (nSPS) is 11.6. The highest BCUT2D eigenvalue weighted by atomic mass is 14.8. The number of aryl methyl sites for hydroxylation is 1. The van der Waals surface area contributed by atoms with Crippen LogP contribution in [0.2, 0.25) is 0 Å². The second-order valence-electron chi connectivity index (χ2n) is 6.51. The molecule has 1 nitrogen and oxygen atoms in total. The van der Waals surface area contributed by atoms with Crippen molar-refractivity contribution in [3.8, 4) is 0 Å². The van der Waals surface area contributed by atoms with E-state index in [2.05, 4.69) is 94.7 Å². The average molecular weight is 293 g/mol. The van der Waals surface area contributed by atoms with Gasteiger partial charge in [-0.1, -0.05) is 75.7 Å². The number of hydrogen-bond acceptors (Lipinski definition) is 1. The van der Waals surface area contributed by atoms with Crippen molar-refractivity contribution in [2.45, 2.75) is 46.5 Å². The molecule has 2 rings (SSSR count). The van der Waals surface area contributed by atoms with E-state index in [0.717, 1.165) is 0 Å². The highest BCUT2D eigenvalue weighted by Gasteiger charge is 2.12. The zero-order chi connectivity index (χ0) is 16.1. The highest BCUT2D eigenvalue weighted by Crippen LogP contribution is 2.32. The Bertz CT molecular complexity index is 607. The summed E-state index contributed by atoms with van der Waals surface area (Å²) in [6.07, 6.45) is 4.18. The number of benzene rings is 2. The smallest absolute Gasteiger partial charge is 0.0450 e. The van der Waals surface area contributed by atoms with Gasteiger partial charge >= 0.3 is 0 Å². The molecule has 22 heavy (non-hydrogen) atoms. The number of para-hydroxylation sites is 1. The van der Waals surface area contributed by atoms with Crippen molar-refractivity contribution in [3.05, 3.63) is 70.9 Å². The van der Waals surface area contributed by atoms with E-state index < -0.39 is 0 Å². The van der Waals surface area contributed by atoms with Crippen LogP contribution in [0.5, 0.6) is 0 Å². The monoisotopic (exact) mass is 293 g/mol. The third kappa shape index (κ3) is 4.00. The largest absolute Gasteiger partial charge is 0.361 e. The molecule has 2 aromatic rings. The summed E-state index contributed by atoms with van der Waals surface area (Å²) in [6, 6.07) is 15.2. The molecule has 0 fully saturated rings. The van der Waals surface area contributed by atoms with Crippen molar-refractivity contribution >= 4 is 11.8 Å². The van der Waals surface area contributed by atoms with Gasteiger partial charge in [0.05, 0.1) is 0 Å². The summed E-state index contributed by atoms with van der Waals surface area (Å²) in [5.41, 5.74) is 6.51. The van der Waals surface area contributed by atoms with E-state index in [0.29, 0.717) is 11.8 Å². The molecule has 0 saturated heterocycles. The van der Waals surface area contributed by atoms with Gasteiger partial charge in [0.1, 0.15) is 0 Å². The van der Waals surface area contributed by atoms with Crippen molar-refractivity contribution in [2.24, 2.45) is 0 Å². The zero-order valence-electron chi connectivity index (χ0n) is 14.4. The fourth-order valence-corrected chi connectivity index (χ4v) is 2.62. The molecule has 0 aliphatic heterocycles. The molecule has 0 saturated carbocycles. The first-order valence-corrected chi connectivity index (χ1v) is 8.11. The van der Waals surface area contributed by atoms with Gasteiger partial charge in [0, 0.05) is 11.9 Å². The first-order chi connectivity index (χ1) is 10.5. The third-order valence-corrected chi connectivity index (χ3v) is 3.95. The maximum absolute atomic E-state index is 3.53. The highest BCUT2D eigenvalue weighted by molar-refractivity contribution is 5.64. The fraction of sp³-hybridized carbons (Fsp3) is 0.333. The van der Waals surface area contributed by atoms with Crippen molar-refractivity contribution in [2.75, 3.05) is 5.32 Å². The molecule has 0 unspecified atom stereocenters. The predicted molar refractivity (Wildman–Crippen MR) is 98.5 cm³/mol. The number of hydrogen-bond donors (Lipinski definition) is 1. The lowest BCUT2D eigenvalue weighted by atomic mass is 9.93. The molecule has 116 valence electrons. The van der Waals surface area contributed by atoms with E-state index in [1.54, 1.807) is 0 Å². The first-order valence-electron chi connectivity index (χ1n) is 8.11. The maximum atomic E-state index is 3.53. The Balaban J connectivity index is 2.26. The summed E-state index contributed by atoms with van der Waals surface area (Å²) in [6.45, 7) is 11.1. The van der Waals surface area contributed by atoms with Crippen molar-refractivity contribution in [1.29, 1.82) is 0 Å². The molecular formula is C21H27N. The van der Waals surface area contributed by atoms with Crippen LogP contribution in [0.4, 0.5) is 5.69 Å². The van der Waals surface area contributed by atoms with E-state index in [1.165, 1.54) is 27.9 Å². The van der Waals surface area contributed by atoms with Gasteiger partial charge in [-0.2, -0.15) is 0 Å². The van der Waals surface area contributed by atoms with Crippen LogP contribution in [0, 0.1) is 6.92 Å². The van der Waals surface area contributed by atoms with Crippen LogP contribution in [-0.4, -0.2) is 0 Å². The Morgan fingerprint density at radius 1 is 0.818 bits per heavy atom. The molecule has 0 amide bonds. The van der Waals surface area contributed by atoms with E-state index >= 15 is 0 Å². The van der Waals surface area contributed by atoms with E-state index in [4.69, 9.17) is 0 Å². The van der Waals surface area contributed by atoms with Gasteiger partial charge in [-0.15, -0.1) is 0 Å². The van der Waals surface area contributed by atoms with Gasteiger partial charge in [-0.05, 0) is 41.5 Å². The molecule has 2 aromatic carbocycles. The number of anilines is 1. The maximum Gasteiger partial charge on any atom is 0.0450 e. The fourth-order valence-electron chi connectivity index (χ4n) is 2.62. The lowest BCUT2D eigenvalue weighted by Crippen LogP contribution is -2.02. The van der Waals surface area contributed by atoms with Crippen molar-refractivity contribution < 1.29 is 0 Å². The van der Waals surface area contributed by atoms with Gasteiger partial charge in [0.25, 0.3) is 0 Å². The topological polar surface area (TPSA) is 12.0 Å². The lowest BCUT2D eigenvalue weighted by molar-refractivity contribution is 0.838. The molecule has 0 bridgehead atoms. The van der Waals surface area contributed by atoms with E-state index in [1.807, 2.05) is 0 Å². The number of rotatable bonds is 5. The van der Waals surface area contributed by atoms with Gasteiger partial charge in [0.2, 0.25) is 0 Å². The van der Waals surface area contributed by atoms with Crippen LogP contribution in [0.3, 0.4) is 0 Å². The molecule has 0 heterocycles. The summed E-state index contributed by atoms with van der Waals surface area (Å²) in [7, 11) is 0. The lowest BCUT2D eigenvalue weighted by Gasteiger charge is -2.19. The Morgan fingerprint density at radius 2 is 1.36 bits per heavy atom. The Hall–Kier alpha value is -2.02. The minimum absolute atomic E-state index is 0.508. The molecule has 1 heteroatoms. The Labute approximate surface area is 135 Å². The van der Waals surface area contributed by atoms with Crippen LogP contribution >= 0.6 is 0 Å². The Kier molecular flexibility index (Phi) is 5.43. The van der Waals surface area contributed by atoms with E-state index in [-0.39, 0.29) is 0 Å². The van der Waals surface area contributed by atoms with Crippen LogP contribution in [0.1, 0.15) is 61.8 Å². The average Bonchev–Trinajstić information content (AvgIpc) is 2.49. The van der Waals surface area contributed by atoms with Gasteiger partial charge in [-0.3, -0.25) is 0 Å². The van der Waals surface area contributed by atoms with Crippen molar-refractivity contribution in [1.82, 2.24) is 0 Å². The van der Waals surface area contributed by atoms with Crippen LogP contribution in [0.15, 0.2) is 48.7 Å². The number of nitrogens with one attached hydrogen (secondary N) is 1. The second kappa shape index (κ2) is 7.31. The summed E-state index contributed by atoms with van der Waals surface area (Å²) in [5.74, 6) is 1.02.